The fourth-order valence-corrected chi connectivity index (χ4v) is 3.37. The molecule has 2 aromatic rings. The minimum absolute atomic E-state index is 0.0355. The smallest absolute Gasteiger partial charge is 0.327 e. The Labute approximate surface area is 193 Å². The van der Waals surface area contributed by atoms with Crippen molar-refractivity contribution in [1.82, 2.24) is 14.9 Å². The minimum Gasteiger partial charge on any atom is -0.494 e. The van der Waals surface area contributed by atoms with E-state index < -0.39 is 18.0 Å². The average Bonchev–Trinajstić information content (AvgIpc) is 3.07. The summed E-state index contributed by atoms with van der Waals surface area (Å²) in [6.45, 7) is 2.53. The molecule has 1 heterocycles. The maximum Gasteiger partial charge on any atom is 0.327 e. The molecule has 176 valence electrons. The van der Waals surface area contributed by atoms with Gasteiger partial charge in [-0.15, -0.1) is 0 Å². The van der Waals surface area contributed by atoms with Gasteiger partial charge in [0.2, 0.25) is 12.3 Å². The molecular formula is C24H29N3O6. The number of rotatable bonds is 12. The second-order valence-electron chi connectivity index (χ2n) is 7.84. The largest absolute Gasteiger partial charge is 0.494 e. The fraction of sp³-hybridized carbons (Fsp3) is 0.375. The van der Waals surface area contributed by atoms with E-state index in [1.165, 1.54) is 11.9 Å². The fourth-order valence-electron chi connectivity index (χ4n) is 3.37. The second-order valence-corrected chi connectivity index (χ2v) is 7.84. The molecule has 9 heteroatoms. The Kier molecular flexibility index (Phi) is 8.26. The van der Waals surface area contributed by atoms with Crippen molar-refractivity contribution in [3.63, 3.8) is 0 Å². The molecule has 0 radical (unpaired) electrons. The molecule has 0 aliphatic carbocycles. The van der Waals surface area contributed by atoms with Crippen molar-refractivity contribution in [2.45, 2.75) is 25.8 Å². The first-order chi connectivity index (χ1) is 15.9. The Morgan fingerprint density at radius 3 is 2.09 bits per heavy atom. The second kappa shape index (κ2) is 11.3. The van der Waals surface area contributed by atoms with Gasteiger partial charge in [-0.05, 0) is 41.8 Å². The van der Waals surface area contributed by atoms with E-state index in [9.17, 15) is 19.6 Å². The number of benzene rings is 2. The number of nitrogens with zero attached hydrogens (tertiary/aromatic N) is 3. The predicted octanol–water partition coefficient (Wildman–Crippen LogP) is 3.02. The maximum absolute atomic E-state index is 12.1. The number of unbranched alkanes of at least 4 members (excludes halogenated alkanes) is 1. The Morgan fingerprint density at radius 1 is 1.03 bits per heavy atom. The van der Waals surface area contributed by atoms with E-state index in [1.54, 1.807) is 12.1 Å². The molecule has 1 saturated heterocycles. The van der Waals surface area contributed by atoms with Gasteiger partial charge in [0, 0.05) is 7.05 Å². The molecule has 0 aromatic heterocycles. The first-order valence-electron chi connectivity index (χ1n) is 10.9. The third-order valence-corrected chi connectivity index (χ3v) is 5.36. The van der Waals surface area contributed by atoms with E-state index in [2.05, 4.69) is 6.92 Å². The first-order valence-corrected chi connectivity index (χ1v) is 10.9. The lowest BCUT2D eigenvalue weighted by Gasteiger charge is -2.26. The van der Waals surface area contributed by atoms with E-state index >= 15 is 0 Å². The van der Waals surface area contributed by atoms with Crippen LogP contribution in [0.4, 0.5) is 4.79 Å². The molecule has 1 aliphatic rings. The highest BCUT2D eigenvalue weighted by Gasteiger charge is 2.36. The lowest BCUT2D eigenvalue weighted by atomic mass is 10.1. The standard InChI is InChI=1S/C24H29N3O6/c1-3-4-13-32-21-9-5-18(6-10-21)19-7-11-22(12-8-19)33-16-20(27(31)17-28)14-26-23(29)15-25(2)24(26)30/h5-12,17,20,31H,3-4,13-16H2,1-2H3. The third-order valence-electron chi connectivity index (χ3n) is 5.36. The molecular weight excluding hydrogens is 426 g/mol. The number of likely N-dealkylation sites (N-methyl/N-ethyl adjacent to an activating group) is 1. The van der Waals surface area contributed by atoms with Gasteiger partial charge in [-0.1, -0.05) is 37.6 Å². The van der Waals surface area contributed by atoms with Crippen LogP contribution in [0.2, 0.25) is 0 Å². The molecule has 33 heavy (non-hydrogen) atoms. The van der Waals surface area contributed by atoms with Crippen molar-refractivity contribution >= 4 is 18.3 Å². The molecule has 2 aromatic carbocycles. The molecule has 9 nitrogen and oxygen atoms in total. The van der Waals surface area contributed by atoms with Gasteiger partial charge < -0.3 is 14.4 Å². The molecule has 0 saturated carbocycles. The normalized spacial score (nSPS) is 14.4. The average molecular weight is 456 g/mol. The van der Waals surface area contributed by atoms with E-state index in [-0.39, 0.29) is 26.1 Å². The summed E-state index contributed by atoms with van der Waals surface area (Å²) in [6.07, 6.45) is 2.33. The summed E-state index contributed by atoms with van der Waals surface area (Å²) in [5.41, 5.74) is 2.02. The van der Waals surface area contributed by atoms with Crippen LogP contribution >= 0.6 is 0 Å². The number of hydrogen-bond acceptors (Lipinski definition) is 6. The molecule has 3 rings (SSSR count). The van der Waals surface area contributed by atoms with Crippen molar-refractivity contribution in [3.8, 4) is 22.6 Å². The van der Waals surface area contributed by atoms with Crippen LogP contribution in [-0.4, -0.2) is 77.8 Å². The number of carbonyl (C=O) groups is 3. The summed E-state index contributed by atoms with van der Waals surface area (Å²) in [5, 5.41) is 10.3. The molecule has 1 fully saturated rings. The van der Waals surface area contributed by atoms with Gasteiger partial charge in [0.1, 0.15) is 30.7 Å². The van der Waals surface area contributed by atoms with Crippen LogP contribution in [0.25, 0.3) is 11.1 Å². The third kappa shape index (κ3) is 6.23. The van der Waals surface area contributed by atoms with Crippen molar-refractivity contribution in [2.75, 3.05) is 33.4 Å². The Morgan fingerprint density at radius 2 is 1.61 bits per heavy atom. The van der Waals surface area contributed by atoms with Crippen LogP contribution in [0.5, 0.6) is 11.5 Å². The highest BCUT2D eigenvalue weighted by molar-refractivity contribution is 6.01. The van der Waals surface area contributed by atoms with E-state index in [0.29, 0.717) is 17.4 Å². The van der Waals surface area contributed by atoms with Crippen molar-refractivity contribution in [1.29, 1.82) is 0 Å². The monoisotopic (exact) mass is 455 g/mol. The van der Waals surface area contributed by atoms with Gasteiger partial charge in [0.25, 0.3) is 0 Å². The van der Waals surface area contributed by atoms with Gasteiger partial charge in [-0.3, -0.25) is 19.7 Å². The molecule has 4 amide bonds. The highest BCUT2D eigenvalue weighted by atomic mass is 16.5. The van der Waals surface area contributed by atoms with Crippen LogP contribution in [0, 0.1) is 0 Å². The van der Waals surface area contributed by atoms with Crippen LogP contribution in [0.15, 0.2) is 48.5 Å². The van der Waals surface area contributed by atoms with E-state index in [1.807, 2.05) is 36.4 Å². The molecule has 1 aliphatic heterocycles. The Balaban J connectivity index is 1.59. The minimum atomic E-state index is -0.901. The maximum atomic E-state index is 12.1. The number of ether oxygens (including phenoxy) is 2. The quantitative estimate of drug-likeness (QED) is 0.174. The Bertz CT molecular complexity index is 948. The predicted molar refractivity (Wildman–Crippen MR) is 121 cm³/mol. The highest BCUT2D eigenvalue weighted by Crippen LogP contribution is 2.25. The van der Waals surface area contributed by atoms with Gasteiger partial charge in [-0.2, -0.15) is 0 Å². The van der Waals surface area contributed by atoms with E-state index in [4.69, 9.17) is 9.47 Å². The summed E-state index contributed by atoms with van der Waals surface area (Å²) >= 11 is 0. The number of imide groups is 1. The zero-order valence-corrected chi connectivity index (χ0v) is 18.8. The zero-order valence-electron chi connectivity index (χ0n) is 18.8. The van der Waals surface area contributed by atoms with Gasteiger partial charge in [-0.25, -0.2) is 9.86 Å². The molecule has 1 unspecified atom stereocenters. The topological polar surface area (TPSA) is 99.6 Å². The van der Waals surface area contributed by atoms with Gasteiger partial charge >= 0.3 is 6.03 Å². The number of hydrogen-bond donors (Lipinski definition) is 1. The van der Waals surface area contributed by atoms with Crippen LogP contribution in [0.3, 0.4) is 0 Å². The summed E-state index contributed by atoms with van der Waals surface area (Å²) in [5.74, 6) is 0.972. The van der Waals surface area contributed by atoms with Crippen LogP contribution < -0.4 is 9.47 Å². The number of carbonyl (C=O) groups excluding carboxylic acids is 3. The summed E-state index contributed by atoms with van der Waals surface area (Å²) < 4.78 is 11.4. The molecule has 0 bridgehead atoms. The van der Waals surface area contributed by atoms with Crippen molar-refractivity contribution in [2.24, 2.45) is 0 Å². The summed E-state index contributed by atoms with van der Waals surface area (Å²) in [6, 6.07) is 13.8. The summed E-state index contributed by atoms with van der Waals surface area (Å²) in [7, 11) is 1.51. The SMILES string of the molecule is CCCCOc1ccc(-c2ccc(OCC(CN3C(=O)CN(C)C3=O)N(O)C=O)cc2)cc1. The molecule has 1 atom stereocenters. The van der Waals surface area contributed by atoms with E-state index in [0.717, 1.165) is 34.6 Å². The molecule has 0 spiro atoms. The number of amides is 4. The first kappa shape index (κ1) is 24.1. The van der Waals surface area contributed by atoms with Crippen molar-refractivity contribution in [3.05, 3.63) is 48.5 Å². The zero-order chi connectivity index (χ0) is 23.8. The van der Waals surface area contributed by atoms with Crippen LogP contribution in [0.1, 0.15) is 19.8 Å². The lowest BCUT2D eigenvalue weighted by molar-refractivity contribution is -0.164. The number of hydroxylamine groups is 2. The van der Waals surface area contributed by atoms with Crippen LogP contribution in [-0.2, 0) is 9.59 Å². The molecule has 1 N–H and O–H groups in total. The van der Waals surface area contributed by atoms with Gasteiger partial charge in [0.05, 0.1) is 13.2 Å². The Hall–Kier alpha value is -3.59. The van der Waals surface area contributed by atoms with Gasteiger partial charge in [0.15, 0.2) is 0 Å². The summed E-state index contributed by atoms with van der Waals surface area (Å²) in [4.78, 5) is 37.4. The lowest BCUT2D eigenvalue weighted by Crippen LogP contribution is -2.47. The van der Waals surface area contributed by atoms with Crippen molar-refractivity contribution < 1.29 is 29.1 Å². The number of urea groups is 1.